The molecule has 0 spiro atoms. The molecule has 1 aliphatic rings. The minimum absolute atomic E-state index is 0.0833. The molecule has 0 radical (unpaired) electrons. The fourth-order valence-electron chi connectivity index (χ4n) is 5.19. The molecule has 0 saturated carbocycles. The second-order valence-corrected chi connectivity index (χ2v) is 10.0. The zero-order valence-electron chi connectivity index (χ0n) is 20.4. The zero-order chi connectivity index (χ0) is 25.8. The number of aromatic nitrogens is 4. The molecule has 0 aliphatic carbocycles. The molecule has 0 amide bonds. The minimum atomic E-state index is -1.34. The van der Waals surface area contributed by atoms with Gasteiger partial charge in [0.15, 0.2) is 22.8 Å². The lowest BCUT2D eigenvalue weighted by atomic mass is 9.79. The summed E-state index contributed by atoms with van der Waals surface area (Å²) in [4.78, 5) is 16.9. The predicted molar refractivity (Wildman–Crippen MR) is 130 cm³/mol. The van der Waals surface area contributed by atoms with E-state index >= 15 is 0 Å². The molecular weight excluding hydrogens is 465 g/mol. The molecule has 0 unspecified atom stereocenters. The number of fused-ring (bicyclic) bond motifs is 2. The van der Waals surface area contributed by atoms with Crippen molar-refractivity contribution < 1.29 is 23.8 Å². The van der Waals surface area contributed by atoms with Gasteiger partial charge < -0.3 is 19.1 Å². The third-order valence-corrected chi connectivity index (χ3v) is 7.04. The highest BCUT2D eigenvalue weighted by Gasteiger charge is 2.46. The Balaban J connectivity index is 1.89. The number of carboxylic acids is 1. The highest BCUT2D eigenvalue weighted by atomic mass is 19.1. The summed E-state index contributed by atoms with van der Waals surface area (Å²) in [6.45, 7) is 5.68. The van der Waals surface area contributed by atoms with Gasteiger partial charge in [0.1, 0.15) is 0 Å². The van der Waals surface area contributed by atoms with Crippen molar-refractivity contribution in [3.63, 3.8) is 0 Å². The Hall–Kier alpha value is -3.97. The van der Waals surface area contributed by atoms with Gasteiger partial charge in [-0.1, -0.05) is 13.8 Å². The second kappa shape index (κ2) is 8.31. The number of aromatic amines is 1. The Morgan fingerprint density at radius 2 is 2.22 bits per heavy atom. The third kappa shape index (κ3) is 3.58. The molecule has 186 valence electrons. The molecule has 2 atom stereocenters. The number of rotatable bonds is 6. The number of halogens is 1. The number of aliphatic carboxylic acids is 1. The molecule has 1 aliphatic heterocycles. The lowest BCUT2D eigenvalue weighted by Crippen LogP contribution is -2.34. The van der Waals surface area contributed by atoms with Crippen LogP contribution in [0.4, 0.5) is 4.39 Å². The maximum Gasteiger partial charge on any atom is 0.335 e. The molecule has 1 fully saturated rings. The van der Waals surface area contributed by atoms with Gasteiger partial charge >= 0.3 is 5.97 Å². The first-order valence-corrected chi connectivity index (χ1v) is 11.6. The number of pyridine rings is 1. The first kappa shape index (κ1) is 23.8. The fraction of sp³-hybridized carbons (Fsp3) is 0.385. The van der Waals surface area contributed by atoms with Crippen LogP contribution in [0.1, 0.15) is 50.8 Å². The van der Waals surface area contributed by atoms with Crippen molar-refractivity contribution in [2.75, 3.05) is 13.7 Å². The van der Waals surface area contributed by atoms with E-state index in [-0.39, 0.29) is 31.1 Å². The molecule has 1 aromatic carbocycles. The summed E-state index contributed by atoms with van der Waals surface area (Å²) in [7, 11) is 1.40. The highest BCUT2D eigenvalue weighted by Crippen LogP contribution is 2.47. The van der Waals surface area contributed by atoms with E-state index in [2.05, 4.69) is 16.3 Å². The van der Waals surface area contributed by atoms with Crippen LogP contribution in [-0.4, -0.2) is 50.1 Å². The van der Waals surface area contributed by atoms with E-state index in [4.69, 9.17) is 14.5 Å². The number of carbonyl (C=O) groups is 1. The van der Waals surface area contributed by atoms with Crippen molar-refractivity contribution in [3.8, 4) is 17.5 Å². The number of hydrogen-bond donors (Lipinski definition) is 2. The number of carboxylic acid groups (broad SMARTS) is 1. The van der Waals surface area contributed by atoms with E-state index in [0.29, 0.717) is 16.9 Å². The monoisotopic (exact) mass is 491 g/mol. The summed E-state index contributed by atoms with van der Waals surface area (Å²) in [5.74, 6) is -1.73. The summed E-state index contributed by atoms with van der Waals surface area (Å²) in [6, 6.07) is 8.82. The molecule has 4 aromatic rings. The number of ether oxygens (including phenoxy) is 2. The zero-order valence-corrected chi connectivity index (χ0v) is 20.4. The van der Waals surface area contributed by atoms with Crippen molar-refractivity contribution in [1.29, 1.82) is 5.26 Å². The molecular formula is C26H26FN5O4. The predicted octanol–water partition coefficient (Wildman–Crippen LogP) is 4.59. The van der Waals surface area contributed by atoms with E-state index in [0.717, 1.165) is 22.2 Å². The van der Waals surface area contributed by atoms with Gasteiger partial charge in [-0.3, -0.25) is 5.10 Å². The van der Waals surface area contributed by atoms with Crippen molar-refractivity contribution in [1.82, 2.24) is 19.7 Å². The van der Waals surface area contributed by atoms with Gasteiger partial charge in [0.05, 0.1) is 37.0 Å². The van der Waals surface area contributed by atoms with Gasteiger partial charge in [0.25, 0.3) is 0 Å². The first-order chi connectivity index (χ1) is 17.1. The maximum atomic E-state index is 14.4. The van der Waals surface area contributed by atoms with Crippen LogP contribution in [0.2, 0.25) is 0 Å². The Kier molecular flexibility index (Phi) is 5.48. The van der Waals surface area contributed by atoms with Gasteiger partial charge in [-0.2, -0.15) is 10.4 Å². The van der Waals surface area contributed by atoms with Crippen LogP contribution in [0.25, 0.3) is 27.8 Å². The van der Waals surface area contributed by atoms with Crippen LogP contribution in [-0.2, 0) is 14.9 Å². The number of hydrogen-bond acceptors (Lipinski definition) is 6. The summed E-state index contributed by atoms with van der Waals surface area (Å²) >= 11 is 0. The molecule has 3 aromatic heterocycles. The van der Waals surface area contributed by atoms with Crippen molar-refractivity contribution >= 4 is 28.0 Å². The smallest absolute Gasteiger partial charge is 0.335 e. The summed E-state index contributed by atoms with van der Waals surface area (Å²) < 4.78 is 27.4. The van der Waals surface area contributed by atoms with E-state index in [1.54, 1.807) is 25.3 Å². The van der Waals surface area contributed by atoms with Crippen LogP contribution in [0.3, 0.4) is 0 Å². The molecule has 2 N–H and O–H groups in total. The number of methoxy groups -OCH3 is 1. The first-order valence-electron chi connectivity index (χ1n) is 11.6. The molecule has 4 heterocycles. The van der Waals surface area contributed by atoms with Crippen molar-refractivity contribution in [2.24, 2.45) is 0 Å². The molecule has 0 bridgehead atoms. The van der Waals surface area contributed by atoms with Gasteiger partial charge in [-0.05, 0) is 31.5 Å². The average molecular weight is 492 g/mol. The number of benzene rings is 1. The van der Waals surface area contributed by atoms with Crippen LogP contribution < -0.4 is 4.74 Å². The highest BCUT2D eigenvalue weighted by molar-refractivity contribution is 5.94. The standard InChI is InChI=1S/C26H26FN5O4/c1-25(2,7-8-28)22-20(15-11-26(3,24(33)34)36-13-15)21-18(9-14-12-29-31-23(14)30-21)32(22)16-5-6-17(27)19(10-16)35-4/h5-6,9-10,12,15H,7,11,13H2,1-4H3,(H,33,34)(H,29,30,31)/t15-,26+/m0/s1. The second-order valence-electron chi connectivity index (χ2n) is 10.0. The number of nitriles is 1. The molecule has 10 heteroatoms. The number of nitrogens with one attached hydrogen (secondary N) is 1. The fourth-order valence-corrected chi connectivity index (χ4v) is 5.19. The third-order valence-electron chi connectivity index (χ3n) is 7.04. The topological polar surface area (TPSA) is 126 Å². The Morgan fingerprint density at radius 3 is 2.89 bits per heavy atom. The number of H-pyrrole nitrogens is 1. The average Bonchev–Trinajstić information content (AvgIpc) is 3.53. The largest absolute Gasteiger partial charge is 0.494 e. The summed E-state index contributed by atoms with van der Waals surface area (Å²) in [5.41, 5.74) is 2.21. The molecule has 36 heavy (non-hydrogen) atoms. The van der Waals surface area contributed by atoms with Crippen molar-refractivity contribution in [3.05, 3.63) is 47.5 Å². The summed E-state index contributed by atoms with van der Waals surface area (Å²) in [6.07, 6.45) is 2.11. The van der Waals surface area contributed by atoms with E-state index in [1.807, 2.05) is 24.5 Å². The van der Waals surface area contributed by atoms with Crippen LogP contribution in [0, 0.1) is 17.1 Å². The lowest BCUT2D eigenvalue weighted by molar-refractivity contribution is -0.157. The van der Waals surface area contributed by atoms with Gasteiger partial charge in [0.2, 0.25) is 0 Å². The number of nitrogens with zero attached hydrogens (tertiary/aromatic N) is 4. The SMILES string of the molecule is COc1cc(-n2c(C(C)(C)CC#N)c([C@@H]3CO[C@@](C)(C(=O)O)C3)c3nc4[nH]ncc4cc32)ccc1F. The molecule has 9 nitrogen and oxygen atoms in total. The maximum absolute atomic E-state index is 14.4. The van der Waals surface area contributed by atoms with Gasteiger partial charge in [0, 0.05) is 46.2 Å². The van der Waals surface area contributed by atoms with E-state index in [1.165, 1.54) is 13.2 Å². The quantitative estimate of drug-likeness (QED) is 0.404. The Morgan fingerprint density at radius 1 is 1.44 bits per heavy atom. The van der Waals surface area contributed by atoms with Crippen molar-refractivity contribution in [2.45, 2.75) is 50.5 Å². The Bertz CT molecular complexity index is 1550. The van der Waals surface area contributed by atoms with Gasteiger partial charge in [-0.15, -0.1) is 0 Å². The summed E-state index contributed by atoms with van der Waals surface area (Å²) in [5, 5.41) is 27.3. The minimum Gasteiger partial charge on any atom is -0.494 e. The lowest BCUT2D eigenvalue weighted by Gasteiger charge is -2.28. The van der Waals surface area contributed by atoms with Crippen LogP contribution in [0.5, 0.6) is 5.75 Å². The van der Waals surface area contributed by atoms with Crippen LogP contribution in [0.15, 0.2) is 30.5 Å². The van der Waals surface area contributed by atoms with E-state index < -0.39 is 22.8 Å². The molecule has 5 rings (SSSR count). The van der Waals surface area contributed by atoms with Gasteiger partial charge in [-0.25, -0.2) is 14.2 Å². The van der Waals surface area contributed by atoms with Crippen LogP contribution >= 0.6 is 0 Å². The normalized spacial score (nSPS) is 20.2. The van der Waals surface area contributed by atoms with E-state index in [9.17, 15) is 19.6 Å². The Labute approximate surface area is 206 Å². The molecule has 1 saturated heterocycles.